The third kappa shape index (κ3) is 6.62. The number of nitrogens with zero attached hydrogens (tertiary/aromatic N) is 4. The number of hydrogen-bond donors (Lipinski definition) is 1. The molecule has 4 rings (SSSR count). The third-order valence-electron chi connectivity index (χ3n) is 6.44. The lowest BCUT2D eigenvalue weighted by molar-refractivity contribution is -0.137. The van der Waals surface area contributed by atoms with E-state index in [2.05, 4.69) is 25.3 Å². The van der Waals surface area contributed by atoms with E-state index in [1.165, 1.54) is 18.2 Å². The zero-order valence-electron chi connectivity index (χ0n) is 19.7. The predicted octanol–water partition coefficient (Wildman–Crippen LogP) is 3.12. The number of rotatable bonds is 8. The number of likely N-dealkylation sites (tertiary alicyclic amines) is 1. The topological polar surface area (TPSA) is 87.7 Å². The van der Waals surface area contributed by atoms with Crippen molar-refractivity contribution in [1.82, 2.24) is 20.4 Å². The van der Waals surface area contributed by atoms with Crippen LogP contribution in [0.25, 0.3) is 0 Å². The summed E-state index contributed by atoms with van der Waals surface area (Å²) in [7, 11) is 1.63. The number of aromatic nitrogens is 2. The number of carbonyl (C=O) groups is 2. The number of amides is 2. The van der Waals surface area contributed by atoms with Crippen LogP contribution < -0.4 is 15.0 Å². The van der Waals surface area contributed by atoms with Crippen molar-refractivity contribution < 1.29 is 14.3 Å². The van der Waals surface area contributed by atoms with E-state index < -0.39 is 0 Å². The quantitative estimate of drug-likeness (QED) is 0.577. The van der Waals surface area contributed by atoms with Gasteiger partial charge in [-0.3, -0.25) is 9.59 Å². The molecule has 8 nitrogen and oxygen atoms in total. The molecule has 0 saturated carbocycles. The summed E-state index contributed by atoms with van der Waals surface area (Å²) >= 11 is 1.37. The minimum Gasteiger partial charge on any atom is -0.497 e. The van der Waals surface area contributed by atoms with E-state index in [0.717, 1.165) is 74.0 Å². The van der Waals surface area contributed by atoms with Crippen molar-refractivity contribution in [3.63, 3.8) is 0 Å². The molecule has 0 spiro atoms. The van der Waals surface area contributed by atoms with Gasteiger partial charge in [0.1, 0.15) is 10.8 Å². The van der Waals surface area contributed by atoms with Gasteiger partial charge in [-0.15, -0.1) is 10.2 Å². The number of methoxy groups -OCH3 is 1. The van der Waals surface area contributed by atoms with Crippen LogP contribution in [0, 0.1) is 5.92 Å². The van der Waals surface area contributed by atoms with E-state index >= 15 is 0 Å². The van der Waals surface area contributed by atoms with Gasteiger partial charge in [0.25, 0.3) is 0 Å². The van der Waals surface area contributed by atoms with Gasteiger partial charge >= 0.3 is 0 Å². The van der Waals surface area contributed by atoms with Crippen LogP contribution in [0.5, 0.6) is 5.75 Å². The van der Waals surface area contributed by atoms with Crippen molar-refractivity contribution in [3.05, 3.63) is 42.0 Å². The number of piperidine rings is 2. The van der Waals surface area contributed by atoms with Gasteiger partial charge in [-0.2, -0.15) is 0 Å². The van der Waals surface area contributed by atoms with Gasteiger partial charge in [0.15, 0.2) is 5.82 Å². The SMILES string of the molecule is COc1cccc(CNC(=O)CSc2ccc(N3CCC(C(=O)N4CCCCC4)CC3)nn2)c1. The van der Waals surface area contributed by atoms with Crippen LogP contribution in [0.15, 0.2) is 41.4 Å². The Morgan fingerprint density at radius 2 is 1.85 bits per heavy atom. The van der Waals surface area contributed by atoms with Gasteiger partial charge < -0.3 is 19.9 Å². The Labute approximate surface area is 205 Å². The van der Waals surface area contributed by atoms with Gasteiger partial charge in [-0.05, 0) is 61.9 Å². The molecule has 2 aliphatic heterocycles. The zero-order valence-corrected chi connectivity index (χ0v) is 20.6. The second-order valence-electron chi connectivity index (χ2n) is 8.79. The predicted molar refractivity (Wildman–Crippen MR) is 133 cm³/mol. The van der Waals surface area contributed by atoms with Crippen molar-refractivity contribution in [1.29, 1.82) is 0 Å². The van der Waals surface area contributed by atoms with E-state index in [-0.39, 0.29) is 17.6 Å². The summed E-state index contributed by atoms with van der Waals surface area (Å²) in [5.41, 5.74) is 0.989. The summed E-state index contributed by atoms with van der Waals surface area (Å²) in [6.45, 7) is 3.93. The first kappa shape index (κ1) is 24.3. The van der Waals surface area contributed by atoms with Crippen LogP contribution >= 0.6 is 11.8 Å². The van der Waals surface area contributed by atoms with E-state index in [0.29, 0.717) is 12.5 Å². The highest BCUT2D eigenvalue weighted by Gasteiger charge is 2.29. The van der Waals surface area contributed by atoms with Crippen molar-refractivity contribution in [2.45, 2.75) is 43.7 Å². The highest BCUT2D eigenvalue weighted by atomic mass is 32.2. The molecule has 1 aromatic heterocycles. The first-order chi connectivity index (χ1) is 16.6. The van der Waals surface area contributed by atoms with Crippen LogP contribution in [0.1, 0.15) is 37.7 Å². The summed E-state index contributed by atoms with van der Waals surface area (Å²) in [4.78, 5) is 29.2. The Morgan fingerprint density at radius 1 is 1.06 bits per heavy atom. The molecule has 0 atom stereocenters. The number of thioether (sulfide) groups is 1. The standard InChI is InChI=1S/C25H33N5O3S/c1-33-21-7-5-6-19(16-21)17-26-23(31)18-34-24-9-8-22(27-28-24)29-14-10-20(11-15-29)25(32)30-12-3-2-4-13-30/h5-9,16,20H,2-4,10-15,17-18H2,1H3,(H,26,31). The third-order valence-corrected chi connectivity index (χ3v) is 7.36. The Bertz CT molecular complexity index is 957. The van der Waals surface area contributed by atoms with E-state index in [1.54, 1.807) is 7.11 Å². The average Bonchev–Trinajstić information content (AvgIpc) is 2.91. The van der Waals surface area contributed by atoms with Crippen molar-refractivity contribution in [3.8, 4) is 5.75 Å². The molecule has 0 unspecified atom stereocenters. The van der Waals surface area contributed by atoms with Crippen molar-refractivity contribution >= 4 is 29.4 Å². The maximum absolute atomic E-state index is 12.8. The lowest BCUT2D eigenvalue weighted by Crippen LogP contribution is -2.44. The molecule has 1 aromatic carbocycles. The van der Waals surface area contributed by atoms with Gasteiger partial charge in [-0.25, -0.2) is 0 Å². The van der Waals surface area contributed by atoms with Gasteiger partial charge in [0, 0.05) is 38.6 Å². The highest BCUT2D eigenvalue weighted by molar-refractivity contribution is 7.99. The molecule has 0 radical (unpaired) electrons. The number of benzene rings is 1. The fourth-order valence-corrected chi connectivity index (χ4v) is 5.10. The summed E-state index contributed by atoms with van der Waals surface area (Å²) in [5, 5.41) is 12.3. The molecule has 0 aliphatic carbocycles. The average molecular weight is 484 g/mol. The molecule has 2 saturated heterocycles. The van der Waals surface area contributed by atoms with E-state index in [9.17, 15) is 9.59 Å². The van der Waals surface area contributed by atoms with Crippen LogP contribution in [0.2, 0.25) is 0 Å². The first-order valence-corrected chi connectivity index (χ1v) is 13.0. The molecule has 2 aliphatic rings. The minimum absolute atomic E-state index is 0.0564. The lowest BCUT2D eigenvalue weighted by atomic mass is 9.94. The number of ether oxygens (including phenoxy) is 1. The maximum Gasteiger partial charge on any atom is 0.230 e. The molecule has 2 aromatic rings. The summed E-state index contributed by atoms with van der Waals surface area (Å²) in [6, 6.07) is 11.5. The molecule has 34 heavy (non-hydrogen) atoms. The number of carbonyl (C=O) groups excluding carboxylic acids is 2. The second-order valence-corrected chi connectivity index (χ2v) is 9.79. The Kier molecular flexibility index (Phi) is 8.62. The Balaban J connectivity index is 1.19. The number of nitrogens with one attached hydrogen (secondary N) is 1. The van der Waals surface area contributed by atoms with Gasteiger partial charge in [0.05, 0.1) is 12.9 Å². The molecule has 1 N–H and O–H groups in total. The zero-order chi connectivity index (χ0) is 23.8. The van der Waals surface area contributed by atoms with Gasteiger partial charge in [-0.1, -0.05) is 23.9 Å². The van der Waals surface area contributed by atoms with Crippen molar-refractivity contribution in [2.75, 3.05) is 43.9 Å². The van der Waals surface area contributed by atoms with Gasteiger partial charge in [0.2, 0.25) is 11.8 Å². The summed E-state index contributed by atoms with van der Waals surface area (Å²) < 4.78 is 5.21. The summed E-state index contributed by atoms with van der Waals surface area (Å²) in [6.07, 6.45) is 5.23. The van der Waals surface area contributed by atoms with Crippen molar-refractivity contribution in [2.24, 2.45) is 5.92 Å². The van der Waals surface area contributed by atoms with E-state index in [4.69, 9.17) is 4.74 Å². The molecule has 3 heterocycles. The highest BCUT2D eigenvalue weighted by Crippen LogP contribution is 2.25. The Hall–Kier alpha value is -2.81. The fraction of sp³-hybridized carbons (Fsp3) is 0.520. The Morgan fingerprint density at radius 3 is 2.56 bits per heavy atom. The molecule has 2 amide bonds. The molecule has 0 bridgehead atoms. The molecule has 9 heteroatoms. The van der Waals surface area contributed by atoms with Crippen LogP contribution in [0.3, 0.4) is 0 Å². The van der Waals surface area contributed by atoms with Crippen LogP contribution in [-0.2, 0) is 16.1 Å². The number of hydrogen-bond acceptors (Lipinski definition) is 7. The minimum atomic E-state index is -0.0564. The maximum atomic E-state index is 12.8. The molecule has 182 valence electrons. The molecule has 2 fully saturated rings. The van der Waals surface area contributed by atoms with E-state index in [1.807, 2.05) is 36.4 Å². The van der Waals surface area contributed by atoms with Crippen LogP contribution in [0.4, 0.5) is 5.82 Å². The number of anilines is 1. The summed E-state index contributed by atoms with van der Waals surface area (Å²) in [5.74, 6) is 2.29. The largest absolute Gasteiger partial charge is 0.497 e. The molecular formula is C25H33N5O3S. The normalized spacial score (nSPS) is 16.9. The molecular weight excluding hydrogens is 450 g/mol. The monoisotopic (exact) mass is 483 g/mol. The second kappa shape index (κ2) is 12.1. The smallest absolute Gasteiger partial charge is 0.230 e. The fourth-order valence-electron chi connectivity index (χ4n) is 4.46. The van der Waals surface area contributed by atoms with Crippen LogP contribution in [-0.4, -0.2) is 66.0 Å². The lowest BCUT2D eigenvalue weighted by Gasteiger charge is -2.35. The first-order valence-electron chi connectivity index (χ1n) is 12.0.